The third kappa shape index (κ3) is 6.84. The number of non-ortho nitro benzene ring substituents is 1. The van der Waals surface area contributed by atoms with E-state index in [9.17, 15) is 23.3 Å². The average molecular weight is 488 g/mol. The highest BCUT2D eigenvalue weighted by molar-refractivity contribution is 7.90. The monoisotopic (exact) mass is 487 g/mol. The van der Waals surface area contributed by atoms with Gasteiger partial charge in [-0.25, -0.2) is 8.42 Å². The maximum atomic E-state index is 12.8. The van der Waals surface area contributed by atoms with Crippen molar-refractivity contribution in [1.29, 1.82) is 0 Å². The predicted molar refractivity (Wildman–Crippen MR) is 130 cm³/mol. The number of carbonyl (C=O) groups is 1. The number of nitro groups is 1. The molecule has 182 valence electrons. The summed E-state index contributed by atoms with van der Waals surface area (Å²) in [5.41, 5.74) is 1.06. The van der Waals surface area contributed by atoms with Gasteiger partial charge in [0.15, 0.2) is 0 Å². The second-order valence-corrected chi connectivity index (χ2v) is 9.95. The summed E-state index contributed by atoms with van der Waals surface area (Å²) in [6, 6.07) is 12.1. The second-order valence-electron chi connectivity index (χ2n) is 8.26. The summed E-state index contributed by atoms with van der Waals surface area (Å²) in [5.74, 6) is 0.124. The van der Waals surface area contributed by atoms with E-state index >= 15 is 0 Å². The Hall–Kier alpha value is -3.31. The van der Waals surface area contributed by atoms with Crippen LogP contribution in [0.5, 0.6) is 0 Å². The molecule has 0 saturated carbocycles. The number of aliphatic imine (C=N–C) groups is 1. The van der Waals surface area contributed by atoms with Crippen LogP contribution in [-0.2, 0) is 14.8 Å². The number of nitro benzene ring substituents is 1. The Morgan fingerprint density at radius 2 is 1.94 bits per heavy atom. The number of benzene rings is 2. The number of hydrogen-bond acceptors (Lipinski definition) is 7. The van der Waals surface area contributed by atoms with Gasteiger partial charge in [-0.05, 0) is 50.6 Å². The van der Waals surface area contributed by atoms with Crippen molar-refractivity contribution in [3.05, 3.63) is 64.2 Å². The third-order valence-corrected chi connectivity index (χ3v) is 7.05. The van der Waals surface area contributed by atoms with Gasteiger partial charge < -0.3 is 5.32 Å². The highest BCUT2D eigenvalue weighted by atomic mass is 32.2. The zero-order valence-electron chi connectivity index (χ0n) is 19.2. The molecule has 11 heteroatoms. The Labute approximate surface area is 199 Å². The molecular formula is C23H29N5O5S. The van der Waals surface area contributed by atoms with Gasteiger partial charge in [0, 0.05) is 36.8 Å². The van der Waals surface area contributed by atoms with Gasteiger partial charge in [-0.15, -0.1) is 0 Å². The molecule has 2 aromatic carbocycles. The SMILES string of the molecule is CC(c1cccc([N+](=O)[O-])c1)N(C)CC(=O)Nc1cccc(S(=O)(=O)NC2=NCCCCC2)c1. The summed E-state index contributed by atoms with van der Waals surface area (Å²) in [6.07, 6.45) is 3.44. The normalized spacial score (nSPS) is 15.2. The van der Waals surface area contributed by atoms with E-state index in [1.54, 1.807) is 36.2 Å². The number of sulfonamides is 1. The van der Waals surface area contributed by atoms with Crippen molar-refractivity contribution in [2.24, 2.45) is 4.99 Å². The van der Waals surface area contributed by atoms with Gasteiger partial charge in [0.25, 0.3) is 15.7 Å². The first-order valence-corrected chi connectivity index (χ1v) is 12.5. The molecule has 10 nitrogen and oxygen atoms in total. The maximum absolute atomic E-state index is 12.8. The number of amides is 1. The largest absolute Gasteiger partial charge is 0.325 e. The van der Waals surface area contributed by atoms with Gasteiger partial charge in [-0.2, -0.15) is 0 Å². The molecule has 1 aliphatic rings. The molecule has 0 aromatic heterocycles. The van der Waals surface area contributed by atoms with Crippen molar-refractivity contribution in [2.45, 2.75) is 43.5 Å². The fourth-order valence-electron chi connectivity index (χ4n) is 3.63. The van der Waals surface area contributed by atoms with Crippen LogP contribution in [0.4, 0.5) is 11.4 Å². The third-order valence-electron chi connectivity index (χ3n) is 5.67. The fraction of sp³-hybridized carbons (Fsp3) is 0.391. The lowest BCUT2D eigenvalue weighted by Gasteiger charge is -2.24. The van der Waals surface area contributed by atoms with E-state index in [1.807, 2.05) is 6.92 Å². The van der Waals surface area contributed by atoms with Crippen LogP contribution < -0.4 is 10.0 Å². The topological polar surface area (TPSA) is 134 Å². The molecular weight excluding hydrogens is 458 g/mol. The van der Waals surface area contributed by atoms with Gasteiger partial charge in [0.2, 0.25) is 5.91 Å². The first-order valence-electron chi connectivity index (χ1n) is 11.1. The minimum atomic E-state index is -3.82. The van der Waals surface area contributed by atoms with Crippen LogP contribution in [0.2, 0.25) is 0 Å². The van der Waals surface area contributed by atoms with Crippen molar-refractivity contribution in [1.82, 2.24) is 9.62 Å². The molecule has 0 fully saturated rings. The van der Waals surface area contributed by atoms with E-state index in [0.29, 0.717) is 30.1 Å². The second kappa shape index (κ2) is 11.2. The number of amidine groups is 1. The lowest BCUT2D eigenvalue weighted by molar-refractivity contribution is -0.384. The first kappa shape index (κ1) is 25.3. The highest BCUT2D eigenvalue weighted by Gasteiger charge is 2.20. The van der Waals surface area contributed by atoms with E-state index in [4.69, 9.17) is 0 Å². The summed E-state index contributed by atoms with van der Waals surface area (Å²) in [4.78, 5) is 29.3. The summed E-state index contributed by atoms with van der Waals surface area (Å²) in [5, 5.41) is 13.7. The van der Waals surface area contributed by atoms with Crippen molar-refractivity contribution in [3.8, 4) is 0 Å². The molecule has 1 heterocycles. The van der Waals surface area contributed by atoms with Crippen LogP contribution in [0, 0.1) is 10.1 Å². The number of hydrogen-bond donors (Lipinski definition) is 2. The lowest BCUT2D eigenvalue weighted by atomic mass is 10.1. The fourth-order valence-corrected chi connectivity index (χ4v) is 4.76. The Morgan fingerprint density at radius 1 is 1.18 bits per heavy atom. The molecule has 1 aliphatic heterocycles. The first-order chi connectivity index (χ1) is 16.2. The molecule has 2 N–H and O–H groups in total. The van der Waals surface area contributed by atoms with Crippen LogP contribution in [-0.4, -0.2) is 50.1 Å². The number of nitrogens with zero attached hydrogens (tertiary/aromatic N) is 3. The van der Waals surface area contributed by atoms with Crippen molar-refractivity contribution in [3.63, 3.8) is 0 Å². The van der Waals surface area contributed by atoms with Crippen molar-refractivity contribution < 1.29 is 18.1 Å². The lowest BCUT2D eigenvalue weighted by Crippen LogP contribution is -2.32. The maximum Gasteiger partial charge on any atom is 0.269 e. The van der Waals surface area contributed by atoms with E-state index < -0.39 is 14.9 Å². The van der Waals surface area contributed by atoms with E-state index in [-0.39, 0.29) is 29.1 Å². The number of nitrogens with one attached hydrogen (secondary N) is 2. The minimum absolute atomic E-state index is 0.00981. The summed E-state index contributed by atoms with van der Waals surface area (Å²) < 4.78 is 28.1. The van der Waals surface area contributed by atoms with E-state index in [1.165, 1.54) is 24.3 Å². The molecule has 0 saturated heterocycles. The molecule has 0 aliphatic carbocycles. The molecule has 34 heavy (non-hydrogen) atoms. The molecule has 3 rings (SSSR count). The van der Waals surface area contributed by atoms with Crippen LogP contribution in [0.1, 0.15) is 44.2 Å². The van der Waals surface area contributed by atoms with E-state index in [2.05, 4.69) is 15.0 Å². The molecule has 0 spiro atoms. The van der Waals surface area contributed by atoms with Crippen LogP contribution in [0.15, 0.2) is 58.4 Å². The molecule has 1 amide bonds. The summed E-state index contributed by atoms with van der Waals surface area (Å²) in [7, 11) is -2.08. The van der Waals surface area contributed by atoms with Crippen LogP contribution in [0.25, 0.3) is 0 Å². The Balaban J connectivity index is 1.64. The molecule has 1 unspecified atom stereocenters. The predicted octanol–water partition coefficient (Wildman–Crippen LogP) is 3.48. The van der Waals surface area contributed by atoms with Gasteiger partial charge in [0.1, 0.15) is 5.84 Å². The van der Waals surface area contributed by atoms with Crippen LogP contribution in [0.3, 0.4) is 0 Å². The van der Waals surface area contributed by atoms with E-state index in [0.717, 1.165) is 19.3 Å². The molecule has 0 bridgehead atoms. The minimum Gasteiger partial charge on any atom is -0.325 e. The zero-order valence-corrected chi connectivity index (χ0v) is 20.0. The smallest absolute Gasteiger partial charge is 0.269 e. The van der Waals surface area contributed by atoms with Gasteiger partial charge in [0.05, 0.1) is 16.4 Å². The van der Waals surface area contributed by atoms with Gasteiger partial charge >= 0.3 is 0 Å². The van der Waals surface area contributed by atoms with Crippen LogP contribution >= 0.6 is 0 Å². The Bertz CT molecular complexity index is 1180. The molecule has 2 aromatic rings. The summed E-state index contributed by atoms with van der Waals surface area (Å²) >= 11 is 0. The Kier molecular flexibility index (Phi) is 8.35. The quantitative estimate of drug-likeness (QED) is 0.432. The average Bonchev–Trinajstić information content (AvgIpc) is 3.06. The molecule has 0 radical (unpaired) electrons. The van der Waals surface area contributed by atoms with Crippen molar-refractivity contribution >= 4 is 33.1 Å². The number of carbonyl (C=O) groups excluding carboxylic acids is 1. The summed E-state index contributed by atoms with van der Waals surface area (Å²) in [6.45, 7) is 2.47. The Morgan fingerprint density at radius 3 is 2.71 bits per heavy atom. The standard InChI is InChI=1S/C23H29N5O5S/c1-17(18-8-6-10-20(14-18)28(30)31)27(2)16-23(29)25-19-9-7-11-21(15-19)34(32,33)26-22-12-4-3-5-13-24-22/h6-11,14-15,17H,3-5,12-13,16H2,1-2H3,(H,24,26)(H,25,29). The zero-order chi connectivity index (χ0) is 24.7. The molecule has 1 atom stereocenters. The number of likely N-dealkylation sites (N-methyl/N-ethyl adjacent to an activating group) is 1. The van der Waals surface area contributed by atoms with Gasteiger partial charge in [-0.1, -0.05) is 24.6 Å². The number of anilines is 1. The van der Waals surface area contributed by atoms with Gasteiger partial charge in [-0.3, -0.25) is 29.5 Å². The highest BCUT2D eigenvalue weighted by Crippen LogP contribution is 2.23. The number of rotatable bonds is 8. The van der Waals surface area contributed by atoms with Crippen molar-refractivity contribution in [2.75, 3.05) is 25.5 Å².